The van der Waals surface area contributed by atoms with Gasteiger partial charge in [-0.05, 0) is 12.8 Å². The fourth-order valence-corrected chi connectivity index (χ4v) is 2.59. The van der Waals surface area contributed by atoms with Crippen molar-refractivity contribution in [2.45, 2.75) is 6.92 Å². The van der Waals surface area contributed by atoms with Gasteiger partial charge in [-0.2, -0.15) is 0 Å². The molecule has 19 heavy (non-hydrogen) atoms. The molecule has 1 rings (SSSR count). The van der Waals surface area contributed by atoms with E-state index in [-0.39, 0.29) is 5.92 Å². The second kappa shape index (κ2) is 5.42. The number of methoxy groups -OCH3 is 3. The predicted molar refractivity (Wildman–Crippen MR) is 64.8 cm³/mol. The SMILES string of the molecule is C=C[C@@H]1[C@H](C(=O)OC)[C@H]1C(C)(C(=O)OC)C(=O)OC. The van der Waals surface area contributed by atoms with E-state index in [9.17, 15) is 14.4 Å². The number of hydrogen-bond donors (Lipinski definition) is 0. The van der Waals surface area contributed by atoms with Crippen molar-refractivity contribution in [1.29, 1.82) is 0 Å². The van der Waals surface area contributed by atoms with Crippen molar-refractivity contribution in [3.63, 3.8) is 0 Å². The number of carbonyl (C=O) groups is 3. The highest BCUT2D eigenvalue weighted by molar-refractivity contribution is 6.01. The van der Waals surface area contributed by atoms with Crippen LogP contribution in [0.1, 0.15) is 6.92 Å². The zero-order valence-electron chi connectivity index (χ0n) is 11.5. The molecule has 6 nitrogen and oxygen atoms in total. The van der Waals surface area contributed by atoms with Crippen LogP contribution in [0.25, 0.3) is 0 Å². The minimum atomic E-state index is -1.54. The van der Waals surface area contributed by atoms with Gasteiger partial charge in [0, 0.05) is 5.92 Å². The molecule has 0 aromatic carbocycles. The Morgan fingerprint density at radius 1 is 1.05 bits per heavy atom. The highest BCUT2D eigenvalue weighted by atomic mass is 16.5. The normalized spacial score (nSPS) is 25.2. The van der Waals surface area contributed by atoms with Crippen LogP contribution in [0.15, 0.2) is 12.7 Å². The molecular weight excluding hydrogens is 252 g/mol. The van der Waals surface area contributed by atoms with E-state index in [4.69, 9.17) is 0 Å². The third-order valence-electron chi connectivity index (χ3n) is 3.71. The average molecular weight is 270 g/mol. The van der Waals surface area contributed by atoms with Gasteiger partial charge in [0.1, 0.15) is 0 Å². The number of rotatable bonds is 5. The van der Waals surface area contributed by atoms with E-state index in [1.165, 1.54) is 34.3 Å². The summed E-state index contributed by atoms with van der Waals surface area (Å²) in [5.41, 5.74) is -1.54. The largest absolute Gasteiger partial charge is 0.469 e. The van der Waals surface area contributed by atoms with E-state index in [0.29, 0.717) is 0 Å². The van der Waals surface area contributed by atoms with Gasteiger partial charge in [-0.3, -0.25) is 14.4 Å². The van der Waals surface area contributed by atoms with Crippen molar-refractivity contribution < 1.29 is 28.6 Å². The highest BCUT2D eigenvalue weighted by Crippen LogP contribution is 2.58. The second-order valence-electron chi connectivity index (χ2n) is 4.57. The van der Waals surface area contributed by atoms with Crippen molar-refractivity contribution >= 4 is 17.9 Å². The molecule has 0 bridgehead atoms. The summed E-state index contributed by atoms with van der Waals surface area (Å²) in [6.45, 7) is 5.02. The van der Waals surface area contributed by atoms with Crippen LogP contribution in [0, 0.1) is 23.2 Å². The minimum absolute atomic E-state index is 0.310. The first-order chi connectivity index (χ1) is 8.89. The number of carbonyl (C=O) groups excluding carboxylic acids is 3. The summed E-state index contributed by atoms with van der Waals surface area (Å²) in [5.74, 6) is -3.39. The van der Waals surface area contributed by atoms with Crippen LogP contribution in [0.3, 0.4) is 0 Å². The van der Waals surface area contributed by atoms with Gasteiger partial charge >= 0.3 is 17.9 Å². The van der Waals surface area contributed by atoms with Crippen molar-refractivity contribution in [2.24, 2.45) is 23.2 Å². The Kier molecular flexibility index (Phi) is 4.34. The fourth-order valence-electron chi connectivity index (χ4n) is 2.59. The molecule has 0 aromatic rings. The summed E-state index contributed by atoms with van der Waals surface area (Å²) in [4.78, 5) is 35.5. The zero-order chi connectivity index (χ0) is 14.8. The summed E-state index contributed by atoms with van der Waals surface area (Å²) >= 11 is 0. The lowest BCUT2D eigenvalue weighted by molar-refractivity contribution is -0.170. The third-order valence-corrected chi connectivity index (χ3v) is 3.71. The Morgan fingerprint density at radius 3 is 1.84 bits per heavy atom. The lowest BCUT2D eigenvalue weighted by Gasteiger charge is -2.24. The summed E-state index contributed by atoms with van der Waals surface area (Å²) in [6.07, 6.45) is 1.54. The molecule has 6 heteroatoms. The highest BCUT2D eigenvalue weighted by Gasteiger charge is 2.68. The second-order valence-corrected chi connectivity index (χ2v) is 4.57. The van der Waals surface area contributed by atoms with Gasteiger partial charge in [-0.25, -0.2) is 0 Å². The van der Waals surface area contributed by atoms with Crippen LogP contribution < -0.4 is 0 Å². The first-order valence-electron chi connectivity index (χ1n) is 5.77. The summed E-state index contributed by atoms with van der Waals surface area (Å²) in [7, 11) is 3.62. The van der Waals surface area contributed by atoms with E-state index < -0.39 is 35.2 Å². The lowest BCUT2D eigenvalue weighted by Crippen LogP contribution is -2.41. The van der Waals surface area contributed by atoms with Crippen LogP contribution in [0.2, 0.25) is 0 Å². The molecule has 3 atom stereocenters. The quantitative estimate of drug-likeness (QED) is 0.314. The summed E-state index contributed by atoms with van der Waals surface area (Å²) in [6, 6.07) is 0. The molecule has 0 saturated heterocycles. The smallest absolute Gasteiger partial charge is 0.323 e. The molecule has 1 saturated carbocycles. The fraction of sp³-hybridized carbons (Fsp3) is 0.615. The maximum absolute atomic E-state index is 11.9. The van der Waals surface area contributed by atoms with E-state index in [0.717, 1.165) is 0 Å². The molecule has 1 aliphatic rings. The third kappa shape index (κ3) is 2.22. The van der Waals surface area contributed by atoms with Gasteiger partial charge in [0.25, 0.3) is 0 Å². The number of hydrogen-bond acceptors (Lipinski definition) is 6. The summed E-state index contributed by atoms with van der Waals surface area (Å²) < 4.78 is 14.0. The van der Waals surface area contributed by atoms with E-state index in [1.807, 2.05) is 0 Å². The maximum atomic E-state index is 11.9. The van der Waals surface area contributed by atoms with Gasteiger partial charge in [0.15, 0.2) is 5.41 Å². The van der Waals surface area contributed by atoms with E-state index in [1.54, 1.807) is 0 Å². The predicted octanol–water partition coefficient (Wildman–Crippen LogP) is 0.560. The Balaban J connectivity index is 3.14. The first kappa shape index (κ1) is 15.2. The number of esters is 3. The molecule has 106 valence electrons. The van der Waals surface area contributed by atoms with E-state index >= 15 is 0 Å². The van der Waals surface area contributed by atoms with Gasteiger partial charge in [-0.15, -0.1) is 6.58 Å². The topological polar surface area (TPSA) is 78.9 Å². The van der Waals surface area contributed by atoms with Crippen LogP contribution in [0.5, 0.6) is 0 Å². The molecule has 1 aliphatic carbocycles. The number of ether oxygens (including phenoxy) is 3. The average Bonchev–Trinajstić information content (AvgIpc) is 3.18. The van der Waals surface area contributed by atoms with Crippen molar-refractivity contribution in [1.82, 2.24) is 0 Å². The van der Waals surface area contributed by atoms with Gasteiger partial charge in [0.2, 0.25) is 0 Å². The van der Waals surface area contributed by atoms with E-state index in [2.05, 4.69) is 20.8 Å². The van der Waals surface area contributed by atoms with Gasteiger partial charge in [-0.1, -0.05) is 6.08 Å². The first-order valence-corrected chi connectivity index (χ1v) is 5.77. The Labute approximate surface area is 111 Å². The van der Waals surface area contributed by atoms with Gasteiger partial charge < -0.3 is 14.2 Å². The Hall–Kier alpha value is -1.85. The molecule has 0 radical (unpaired) electrons. The lowest BCUT2D eigenvalue weighted by atomic mass is 9.83. The van der Waals surface area contributed by atoms with Crippen LogP contribution in [-0.2, 0) is 28.6 Å². The van der Waals surface area contributed by atoms with Crippen molar-refractivity contribution in [3.05, 3.63) is 12.7 Å². The molecule has 0 N–H and O–H groups in total. The maximum Gasteiger partial charge on any atom is 0.323 e. The van der Waals surface area contributed by atoms with Crippen molar-refractivity contribution in [2.75, 3.05) is 21.3 Å². The molecule has 0 unspecified atom stereocenters. The Morgan fingerprint density at radius 2 is 1.53 bits per heavy atom. The molecule has 0 aromatic heterocycles. The Bertz CT molecular complexity index is 397. The molecular formula is C13H18O6. The minimum Gasteiger partial charge on any atom is -0.469 e. The number of allylic oxidation sites excluding steroid dienone is 1. The van der Waals surface area contributed by atoms with Crippen LogP contribution >= 0.6 is 0 Å². The zero-order valence-corrected chi connectivity index (χ0v) is 11.5. The van der Waals surface area contributed by atoms with Crippen LogP contribution in [-0.4, -0.2) is 39.2 Å². The molecule has 1 fully saturated rings. The molecule has 0 amide bonds. The van der Waals surface area contributed by atoms with Crippen molar-refractivity contribution in [3.8, 4) is 0 Å². The molecule has 0 aliphatic heterocycles. The monoisotopic (exact) mass is 270 g/mol. The summed E-state index contributed by atoms with van der Waals surface area (Å²) in [5, 5.41) is 0. The molecule has 0 spiro atoms. The molecule has 0 heterocycles. The van der Waals surface area contributed by atoms with Crippen LogP contribution in [0.4, 0.5) is 0 Å². The standard InChI is InChI=1S/C13H18O6/c1-6-7-8(10(14)17-3)9(7)13(2,11(15)18-4)12(16)19-5/h6-9H,1H2,2-5H3/t7-,8+,9+/m1/s1. The van der Waals surface area contributed by atoms with Gasteiger partial charge in [0.05, 0.1) is 27.2 Å².